The first-order valence-corrected chi connectivity index (χ1v) is 7.81. The van der Waals surface area contributed by atoms with E-state index in [9.17, 15) is 0 Å². The van der Waals surface area contributed by atoms with E-state index in [1.165, 1.54) is 24.9 Å². The number of hydrogen-bond donors (Lipinski definition) is 1. The van der Waals surface area contributed by atoms with Crippen molar-refractivity contribution >= 4 is 0 Å². The standard InChI is InChI=1S/C17H28N2O2/c1-14(17(20-2)21-3)18-16-10-7-11-19(13-16)12-15-8-5-4-6-9-15/h4-6,8-9,14,16-18H,7,10-13H2,1-3H3. The Hall–Kier alpha value is -0.940. The molecule has 4 nitrogen and oxygen atoms in total. The quantitative estimate of drug-likeness (QED) is 0.782. The highest BCUT2D eigenvalue weighted by Gasteiger charge is 2.24. The van der Waals surface area contributed by atoms with E-state index >= 15 is 0 Å². The lowest BCUT2D eigenvalue weighted by Crippen LogP contribution is -2.51. The maximum Gasteiger partial charge on any atom is 0.171 e. The van der Waals surface area contributed by atoms with Gasteiger partial charge >= 0.3 is 0 Å². The first kappa shape index (κ1) is 16.4. The van der Waals surface area contributed by atoms with Crippen molar-refractivity contribution < 1.29 is 9.47 Å². The Morgan fingerprint density at radius 3 is 2.62 bits per heavy atom. The van der Waals surface area contributed by atoms with Gasteiger partial charge in [-0.25, -0.2) is 0 Å². The van der Waals surface area contributed by atoms with Gasteiger partial charge in [0.1, 0.15) is 0 Å². The molecule has 2 rings (SSSR count). The van der Waals surface area contributed by atoms with Crippen LogP contribution in [0.15, 0.2) is 30.3 Å². The molecule has 1 aliphatic rings. The number of nitrogens with one attached hydrogen (secondary N) is 1. The Kier molecular flexibility index (Phi) is 6.64. The van der Waals surface area contributed by atoms with Crippen LogP contribution in [0.4, 0.5) is 0 Å². The topological polar surface area (TPSA) is 33.7 Å². The van der Waals surface area contributed by atoms with Gasteiger partial charge in [-0.05, 0) is 31.9 Å². The fraction of sp³-hybridized carbons (Fsp3) is 0.647. The summed E-state index contributed by atoms with van der Waals surface area (Å²) in [4.78, 5) is 2.53. The highest BCUT2D eigenvalue weighted by Crippen LogP contribution is 2.15. The summed E-state index contributed by atoms with van der Waals surface area (Å²) in [7, 11) is 3.38. The number of nitrogens with zero attached hydrogens (tertiary/aromatic N) is 1. The minimum Gasteiger partial charge on any atom is -0.354 e. The minimum absolute atomic E-state index is 0.186. The number of piperidine rings is 1. The molecule has 0 aromatic heterocycles. The van der Waals surface area contributed by atoms with Crippen molar-refractivity contribution in [3.05, 3.63) is 35.9 Å². The number of ether oxygens (including phenoxy) is 2. The minimum atomic E-state index is -0.186. The van der Waals surface area contributed by atoms with Crippen LogP contribution in [0.25, 0.3) is 0 Å². The lowest BCUT2D eigenvalue weighted by Gasteiger charge is -2.36. The summed E-state index contributed by atoms with van der Waals surface area (Å²) < 4.78 is 10.7. The average Bonchev–Trinajstić information content (AvgIpc) is 2.50. The van der Waals surface area contributed by atoms with Gasteiger partial charge in [0.25, 0.3) is 0 Å². The normalized spacial score (nSPS) is 21.6. The number of likely N-dealkylation sites (tertiary alicyclic amines) is 1. The number of rotatable bonds is 7. The molecule has 1 fully saturated rings. The predicted molar refractivity (Wildman–Crippen MR) is 85.1 cm³/mol. The van der Waals surface area contributed by atoms with Crippen LogP contribution in [0.2, 0.25) is 0 Å². The van der Waals surface area contributed by atoms with Gasteiger partial charge in [-0.1, -0.05) is 30.3 Å². The summed E-state index contributed by atoms with van der Waals surface area (Å²) in [5, 5.41) is 3.64. The van der Waals surface area contributed by atoms with Crippen molar-refractivity contribution in [2.45, 2.75) is 44.7 Å². The summed E-state index contributed by atoms with van der Waals surface area (Å²) in [5.74, 6) is 0. The molecule has 1 heterocycles. The van der Waals surface area contributed by atoms with Crippen molar-refractivity contribution in [2.24, 2.45) is 0 Å². The maximum absolute atomic E-state index is 5.33. The average molecular weight is 292 g/mol. The Bertz CT molecular complexity index is 395. The van der Waals surface area contributed by atoms with Crippen LogP contribution in [0, 0.1) is 0 Å². The molecule has 0 saturated carbocycles. The highest BCUT2D eigenvalue weighted by atomic mass is 16.7. The van der Waals surface area contributed by atoms with Gasteiger partial charge in [0.2, 0.25) is 0 Å². The van der Waals surface area contributed by atoms with Gasteiger partial charge < -0.3 is 14.8 Å². The molecule has 1 aromatic carbocycles. The zero-order valence-corrected chi connectivity index (χ0v) is 13.4. The maximum atomic E-state index is 5.33. The second kappa shape index (κ2) is 8.49. The first-order chi connectivity index (χ1) is 10.2. The Balaban J connectivity index is 1.83. The van der Waals surface area contributed by atoms with Crippen LogP contribution in [0.3, 0.4) is 0 Å². The molecule has 1 aromatic rings. The van der Waals surface area contributed by atoms with Crippen LogP contribution in [0.5, 0.6) is 0 Å². The zero-order valence-electron chi connectivity index (χ0n) is 13.4. The molecule has 0 amide bonds. The molecule has 118 valence electrons. The number of hydrogen-bond acceptors (Lipinski definition) is 4. The first-order valence-electron chi connectivity index (χ1n) is 7.81. The summed E-state index contributed by atoms with van der Waals surface area (Å²) in [5.41, 5.74) is 1.39. The monoisotopic (exact) mass is 292 g/mol. The third-order valence-electron chi connectivity index (χ3n) is 4.13. The SMILES string of the molecule is COC(OC)C(C)NC1CCCN(Cc2ccccc2)C1. The Morgan fingerprint density at radius 1 is 1.24 bits per heavy atom. The van der Waals surface area contributed by atoms with Crippen molar-refractivity contribution in [1.82, 2.24) is 10.2 Å². The van der Waals surface area contributed by atoms with Crippen LogP contribution in [-0.2, 0) is 16.0 Å². The molecular weight excluding hydrogens is 264 g/mol. The van der Waals surface area contributed by atoms with Crippen molar-refractivity contribution in [2.75, 3.05) is 27.3 Å². The molecule has 0 spiro atoms. The van der Waals surface area contributed by atoms with Crippen LogP contribution >= 0.6 is 0 Å². The molecule has 1 saturated heterocycles. The molecule has 0 radical (unpaired) electrons. The van der Waals surface area contributed by atoms with Crippen molar-refractivity contribution in [3.8, 4) is 0 Å². The fourth-order valence-corrected chi connectivity index (χ4v) is 3.13. The molecule has 1 N–H and O–H groups in total. The third kappa shape index (κ3) is 5.08. The highest BCUT2D eigenvalue weighted by molar-refractivity contribution is 5.14. The largest absolute Gasteiger partial charge is 0.354 e. The predicted octanol–water partition coefficient (Wildman–Crippen LogP) is 2.25. The van der Waals surface area contributed by atoms with Gasteiger partial charge in [-0.2, -0.15) is 0 Å². The number of benzene rings is 1. The van der Waals surface area contributed by atoms with E-state index in [1.54, 1.807) is 14.2 Å². The summed E-state index contributed by atoms with van der Waals surface area (Å²) >= 11 is 0. The van der Waals surface area contributed by atoms with Gasteiger partial charge in [-0.15, -0.1) is 0 Å². The number of methoxy groups -OCH3 is 2. The van der Waals surface area contributed by atoms with E-state index in [1.807, 2.05) is 0 Å². The van der Waals surface area contributed by atoms with E-state index < -0.39 is 0 Å². The Labute approximate surface area is 128 Å². The molecule has 2 atom stereocenters. The van der Waals surface area contributed by atoms with Gasteiger partial charge in [0.05, 0.1) is 6.04 Å². The fourth-order valence-electron chi connectivity index (χ4n) is 3.13. The van der Waals surface area contributed by atoms with Crippen molar-refractivity contribution in [1.29, 1.82) is 0 Å². The van der Waals surface area contributed by atoms with Gasteiger partial charge in [0, 0.05) is 33.4 Å². The summed E-state index contributed by atoms with van der Waals surface area (Å²) in [6.07, 6.45) is 2.27. The van der Waals surface area contributed by atoms with Crippen molar-refractivity contribution in [3.63, 3.8) is 0 Å². The molecule has 4 heteroatoms. The molecule has 0 bridgehead atoms. The van der Waals surface area contributed by atoms with E-state index in [4.69, 9.17) is 9.47 Å². The second-order valence-electron chi connectivity index (χ2n) is 5.86. The molecule has 0 aliphatic carbocycles. The summed E-state index contributed by atoms with van der Waals surface area (Å²) in [6.45, 7) is 5.41. The van der Waals surface area contributed by atoms with Crippen LogP contribution in [0.1, 0.15) is 25.3 Å². The van der Waals surface area contributed by atoms with Gasteiger partial charge in [0.15, 0.2) is 6.29 Å². The molecule has 2 unspecified atom stereocenters. The summed E-state index contributed by atoms with van der Waals surface area (Å²) in [6, 6.07) is 11.4. The lowest BCUT2D eigenvalue weighted by molar-refractivity contribution is -0.121. The third-order valence-corrected chi connectivity index (χ3v) is 4.13. The van der Waals surface area contributed by atoms with Crippen LogP contribution < -0.4 is 5.32 Å². The Morgan fingerprint density at radius 2 is 1.95 bits per heavy atom. The molecular formula is C17H28N2O2. The zero-order chi connectivity index (χ0) is 15.1. The second-order valence-corrected chi connectivity index (χ2v) is 5.86. The lowest BCUT2D eigenvalue weighted by atomic mass is 10.0. The molecule has 1 aliphatic heterocycles. The smallest absolute Gasteiger partial charge is 0.171 e. The van der Waals surface area contributed by atoms with Gasteiger partial charge in [-0.3, -0.25) is 4.90 Å². The van der Waals surface area contributed by atoms with E-state index in [2.05, 4.69) is 47.5 Å². The van der Waals surface area contributed by atoms with Crippen LogP contribution in [-0.4, -0.2) is 50.6 Å². The van der Waals surface area contributed by atoms with E-state index in [0.717, 1.165) is 13.1 Å². The molecule has 21 heavy (non-hydrogen) atoms. The van der Waals surface area contributed by atoms with E-state index in [-0.39, 0.29) is 12.3 Å². The van der Waals surface area contributed by atoms with E-state index in [0.29, 0.717) is 6.04 Å².